The van der Waals surface area contributed by atoms with Crippen LogP contribution in [-0.4, -0.2) is 41.8 Å². The molecule has 1 amide bonds. The Kier molecular flexibility index (Phi) is 5.71. The van der Waals surface area contributed by atoms with Gasteiger partial charge in [0.1, 0.15) is 0 Å². The van der Waals surface area contributed by atoms with Gasteiger partial charge < -0.3 is 15.2 Å². The highest BCUT2D eigenvalue weighted by molar-refractivity contribution is 6.08. The van der Waals surface area contributed by atoms with E-state index >= 15 is 0 Å². The molecule has 23 heavy (non-hydrogen) atoms. The van der Waals surface area contributed by atoms with Crippen molar-refractivity contribution in [2.24, 2.45) is 5.73 Å². The normalized spacial score (nSPS) is 10.9. The first kappa shape index (κ1) is 17.0. The first-order valence-corrected chi connectivity index (χ1v) is 7.70. The van der Waals surface area contributed by atoms with Crippen LogP contribution < -0.4 is 5.73 Å². The first-order chi connectivity index (χ1) is 11.0. The molecule has 2 rings (SSSR count). The van der Waals surface area contributed by atoms with Gasteiger partial charge in [0.25, 0.3) is 0 Å². The summed E-state index contributed by atoms with van der Waals surface area (Å²) in [6.45, 7) is 1.59. The van der Waals surface area contributed by atoms with Crippen LogP contribution in [-0.2, 0) is 17.8 Å². The van der Waals surface area contributed by atoms with Crippen LogP contribution in [0, 0.1) is 0 Å². The Balaban J connectivity index is 2.29. The van der Waals surface area contributed by atoms with Gasteiger partial charge in [-0.2, -0.15) is 0 Å². The number of rotatable bonds is 8. The molecule has 2 aromatic rings. The van der Waals surface area contributed by atoms with E-state index in [4.69, 9.17) is 5.73 Å². The second kappa shape index (κ2) is 7.74. The maximum absolute atomic E-state index is 12.7. The van der Waals surface area contributed by atoms with E-state index in [1.54, 1.807) is 18.2 Å². The quantitative estimate of drug-likeness (QED) is 0.754. The highest BCUT2D eigenvalue weighted by atomic mass is 16.1. The van der Waals surface area contributed by atoms with Crippen molar-refractivity contribution in [1.29, 1.82) is 0 Å². The minimum Gasteiger partial charge on any atom is -0.369 e. The molecule has 0 bridgehead atoms. The van der Waals surface area contributed by atoms with Crippen molar-refractivity contribution < 1.29 is 9.59 Å². The minimum absolute atomic E-state index is 0.0360. The van der Waals surface area contributed by atoms with Gasteiger partial charge in [-0.3, -0.25) is 9.59 Å². The third kappa shape index (κ3) is 4.53. The Labute approximate surface area is 136 Å². The van der Waals surface area contributed by atoms with Crippen molar-refractivity contribution in [2.45, 2.75) is 19.4 Å². The SMILES string of the molecule is CN(C)CCCn1c(CC(N)=O)ccc1C(=O)c1ccccc1. The molecule has 0 saturated heterocycles. The van der Waals surface area contributed by atoms with Crippen LogP contribution in [0.5, 0.6) is 0 Å². The summed E-state index contributed by atoms with van der Waals surface area (Å²) < 4.78 is 1.92. The van der Waals surface area contributed by atoms with E-state index in [9.17, 15) is 9.59 Å². The lowest BCUT2D eigenvalue weighted by molar-refractivity contribution is -0.117. The molecule has 0 radical (unpaired) electrons. The van der Waals surface area contributed by atoms with E-state index < -0.39 is 5.91 Å². The van der Waals surface area contributed by atoms with Gasteiger partial charge in [-0.25, -0.2) is 0 Å². The zero-order valence-corrected chi connectivity index (χ0v) is 13.7. The molecule has 1 aromatic heterocycles. The van der Waals surface area contributed by atoms with Crippen molar-refractivity contribution in [3.8, 4) is 0 Å². The number of hydrogen-bond acceptors (Lipinski definition) is 3. The molecule has 0 unspecified atom stereocenters. The second-order valence-electron chi connectivity index (χ2n) is 5.86. The fraction of sp³-hybridized carbons (Fsp3) is 0.333. The van der Waals surface area contributed by atoms with Crippen LogP contribution in [0.2, 0.25) is 0 Å². The Hall–Kier alpha value is -2.40. The maximum atomic E-state index is 12.7. The molecular formula is C18H23N3O2. The molecule has 0 fully saturated rings. The first-order valence-electron chi connectivity index (χ1n) is 7.70. The highest BCUT2D eigenvalue weighted by Crippen LogP contribution is 2.16. The molecule has 1 aromatic carbocycles. The number of benzene rings is 1. The standard InChI is InChI=1S/C18H23N3O2/c1-20(2)11-6-12-21-15(13-17(19)22)9-10-16(21)18(23)14-7-4-3-5-8-14/h3-5,7-10H,6,11-13H2,1-2H3,(H2,19,22). The number of carbonyl (C=O) groups is 2. The minimum atomic E-state index is -0.393. The summed E-state index contributed by atoms with van der Waals surface area (Å²) in [5.74, 6) is -0.429. The summed E-state index contributed by atoms with van der Waals surface area (Å²) in [4.78, 5) is 26.1. The topological polar surface area (TPSA) is 68.3 Å². The van der Waals surface area contributed by atoms with Gasteiger partial charge in [-0.05, 0) is 39.2 Å². The summed E-state index contributed by atoms with van der Waals surface area (Å²) in [5.41, 5.74) is 7.36. The lowest BCUT2D eigenvalue weighted by atomic mass is 10.1. The maximum Gasteiger partial charge on any atom is 0.223 e. The predicted octanol–water partition coefficient (Wildman–Crippen LogP) is 1.70. The van der Waals surface area contributed by atoms with E-state index in [0.29, 0.717) is 17.8 Å². The number of nitrogens with two attached hydrogens (primary N) is 1. The van der Waals surface area contributed by atoms with Gasteiger partial charge >= 0.3 is 0 Å². The molecule has 1 heterocycles. The van der Waals surface area contributed by atoms with Crippen molar-refractivity contribution in [3.63, 3.8) is 0 Å². The van der Waals surface area contributed by atoms with E-state index in [-0.39, 0.29) is 12.2 Å². The molecule has 0 aliphatic heterocycles. The summed E-state index contributed by atoms with van der Waals surface area (Å²) >= 11 is 0. The van der Waals surface area contributed by atoms with Crippen LogP contribution >= 0.6 is 0 Å². The molecule has 0 atom stereocenters. The highest BCUT2D eigenvalue weighted by Gasteiger charge is 2.17. The lowest BCUT2D eigenvalue weighted by Crippen LogP contribution is -2.21. The van der Waals surface area contributed by atoms with Crippen molar-refractivity contribution in [2.75, 3.05) is 20.6 Å². The van der Waals surface area contributed by atoms with Crippen LogP contribution in [0.3, 0.4) is 0 Å². The summed E-state index contributed by atoms with van der Waals surface area (Å²) in [6.07, 6.45) is 1.03. The van der Waals surface area contributed by atoms with Gasteiger partial charge in [0.05, 0.1) is 12.1 Å². The van der Waals surface area contributed by atoms with Crippen LogP contribution in [0.4, 0.5) is 0 Å². The van der Waals surface area contributed by atoms with Crippen molar-refractivity contribution in [1.82, 2.24) is 9.47 Å². The third-order valence-corrected chi connectivity index (χ3v) is 3.68. The zero-order chi connectivity index (χ0) is 16.8. The van der Waals surface area contributed by atoms with Crippen LogP contribution in [0.15, 0.2) is 42.5 Å². The van der Waals surface area contributed by atoms with Crippen molar-refractivity contribution in [3.05, 3.63) is 59.4 Å². The molecule has 5 nitrogen and oxygen atoms in total. The fourth-order valence-electron chi connectivity index (χ4n) is 2.59. The molecule has 0 aliphatic carbocycles. The lowest BCUT2D eigenvalue weighted by Gasteiger charge is -2.14. The number of aromatic nitrogens is 1. The monoisotopic (exact) mass is 313 g/mol. The molecule has 2 N–H and O–H groups in total. The fourth-order valence-corrected chi connectivity index (χ4v) is 2.59. The predicted molar refractivity (Wildman–Crippen MR) is 90.4 cm³/mol. The number of carbonyl (C=O) groups excluding carboxylic acids is 2. The van der Waals surface area contributed by atoms with E-state index in [2.05, 4.69) is 4.90 Å². The zero-order valence-electron chi connectivity index (χ0n) is 13.7. The Morgan fingerprint density at radius 3 is 2.39 bits per heavy atom. The van der Waals surface area contributed by atoms with Gasteiger partial charge in [-0.1, -0.05) is 30.3 Å². The van der Waals surface area contributed by atoms with E-state index in [1.165, 1.54) is 0 Å². The Morgan fingerprint density at radius 1 is 1.09 bits per heavy atom. The average molecular weight is 313 g/mol. The smallest absolute Gasteiger partial charge is 0.223 e. The summed E-state index contributed by atoms with van der Waals surface area (Å²) in [5, 5.41) is 0. The summed E-state index contributed by atoms with van der Waals surface area (Å²) in [6, 6.07) is 12.8. The average Bonchev–Trinajstić information content (AvgIpc) is 2.89. The van der Waals surface area contributed by atoms with Crippen LogP contribution in [0.1, 0.15) is 28.2 Å². The Bertz CT molecular complexity index is 675. The molecule has 5 heteroatoms. The van der Waals surface area contributed by atoms with E-state index in [1.807, 2.05) is 42.9 Å². The Morgan fingerprint density at radius 2 is 1.78 bits per heavy atom. The number of amides is 1. The molecular weight excluding hydrogens is 290 g/mol. The third-order valence-electron chi connectivity index (χ3n) is 3.68. The van der Waals surface area contributed by atoms with Crippen molar-refractivity contribution >= 4 is 11.7 Å². The van der Waals surface area contributed by atoms with Gasteiger partial charge in [0.2, 0.25) is 11.7 Å². The van der Waals surface area contributed by atoms with Gasteiger partial charge in [-0.15, -0.1) is 0 Å². The molecule has 0 aliphatic rings. The van der Waals surface area contributed by atoms with E-state index in [0.717, 1.165) is 18.7 Å². The molecule has 0 saturated carbocycles. The number of primary amides is 1. The molecule has 122 valence electrons. The second-order valence-corrected chi connectivity index (χ2v) is 5.86. The number of hydrogen-bond donors (Lipinski definition) is 1. The van der Waals surface area contributed by atoms with Crippen LogP contribution in [0.25, 0.3) is 0 Å². The van der Waals surface area contributed by atoms with Gasteiger partial charge in [0.15, 0.2) is 0 Å². The molecule has 0 spiro atoms. The van der Waals surface area contributed by atoms with Gasteiger partial charge in [0, 0.05) is 17.8 Å². The number of ketones is 1. The largest absolute Gasteiger partial charge is 0.369 e. The number of nitrogens with zero attached hydrogens (tertiary/aromatic N) is 2. The summed E-state index contributed by atoms with van der Waals surface area (Å²) in [7, 11) is 4.02.